The van der Waals surface area contributed by atoms with Crippen LogP contribution in [0.5, 0.6) is 0 Å². The third-order valence-electron chi connectivity index (χ3n) is 3.40. The molecule has 0 atom stereocenters. The zero-order valence-electron chi connectivity index (χ0n) is 12.5. The average molecular weight is 412 g/mol. The van der Waals surface area contributed by atoms with E-state index in [1.54, 1.807) is 13.0 Å². The van der Waals surface area contributed by atoms with Crippen LogP contribution in [0.3, 0.4) is 0 Å². The van der Waals surface area contributed by atoms with Crippen molar-refractivity contribution in [3.63, 3.8) is 0 Å². The van der Waals surface area contributed by atoms with Crippen molar-refractivity contribution in [1.82, 2.24) is 5.16 Å². The van der Waals surface area contributed by atoms with E-state index in [-0.39, 0.29) is 5.75 Å². The maximum Gasteiger partial charge on any atom is 0.195 e. The Balaban J connectivity index is 1.89. The first-order chi connectivity index (χ1) is 10.9. The smallest absolute Gasteiger partial charge is 0.195 e. The van der Waals surface area contributed by atoms with Gasteiger partial charge in [0, 0.05) is 4.88 Å². The summed E-state index contributed by atoms with van der Waals surface area (Å²) in [4.78, 5) is 0.927. The molecule has 0 amide bonds. The van der Waals surface area contributed by atoms with Gasteiger partial charge in [-0.1, -0.05) is 35.0 Å². The molecule has 23 heavy (non-hydrogen) atoms. The summed E-state index contributed by atoms with van der Waals surface area (Å²) < 4.78 is 31.1. The lowest BCUT2D eigenvalue weighted by Gasteiger charge is -2.00. The van der Waals surface area contributed by atoms with E-state index in [4.69, 9.17) is 4.52 Å². The monoisotopic (exact) mass is 411 g/mol. The molecule has 4 nitrogen and oxygen atoms in total. The number of rotatable bonds is 4. The van der Waals surface area contributed by atoms with Gasteiger partial charge in [-0.15, -0.1) is 11.3 Å². The van der Waals surface area contributed by atoms with Crippen LogP contribution in [0.15, 0.2) is 49.6 Å². The Morgan fingerprint density at radius 3 is 2.43 bits per heavy atom. The molecule has 2 heterocycles. The summed E-state index contributed by atoms with van der Waals surface area (Å²) >= 11 is 4.57. The molecular weight excluding hydrogens is 398 g/mol. The van der Waals surface area contributed by atoms with Crippen molar-refractivity contribution in [1.29, 1.82) is 0 Å². The van der Waals surface area contributed by atoms with Gasteiger partial charge in [0.15, 0.2) is 15.6 Å². The zero-order valence-corrected chi connectivity index (χ0v) is 15.8. The number of aromatic nitrogens is 1. The lowest BCUT2D eigenvalue weighted by molar-refractivity contribution is 0.388. The molecule has 0 aliphatic heterocycles. The highest BCUT2D eigenvalue weighted by molar-refractivity contribution is 9.10. The summed E-state index contributed by atoms with van der Waals surface area (Å²) in [6.45, 7) is 3.77. The first kappa shape index (κ1) is 16.4. The van der Waals surface area contributed by atoms with E-state index in [1.165, 1.54) is 16.9 Å². The number of hydrogen-bond donors (Lipinski definition) is 0. The van der Waals surface area contributed by atoms with Crippen LogP contribution >= 0.6 is 27.3 Å². The van der Waals surface area contributed by atoms with E-state index < -0.39 is 9.84 Å². The Hall–Kier alpha value is -1.44. The Bertz CT molecular complexity index is 940. The molecule has 0 fully saturated rings. The van der Waals surface area contributed by atoms with E-state index in [0.717, 1.165) is 10.4 Å². The van der Waals surface area contributed by atoms with Crippen LogP contribution in [0.2, 0.25) is 0 Å². The van der Waals surface area contributed by atoms with Crippen LogP contribution in [0.25, 0.3) is 10.4 Å². The number of halogens is 1. The first-order valence-electron chi connectivity index (χ1n) is 6.87. The molecule has 7 heteroatoms. The van der Waals surface area contributed by atoms with Gasteiger partial charge in [0.25, 0.3) is 0 Å². The molecular formula is C16H14BrNO3S2. The number of nitrogens with zero attached hydrogens (tertiary/aromatic N) is 1. The van der Waals surface area contributed by atoms with E-state index >= 15 is 0 Å². The molecule has 0 aliphatic carbocycles. The van der Waals surface area contributed by atoms with Gasteiger partial charge >= 0.3 is 0 Å². The van der Waals surface area contributed by atoms with E-state index in [0.29, 0.717) is 20.1 Å². The summed E-state index contributed by atoms with van der Waals surface area (Å²) in [5.74, 6) is 0.121. The minimum absolute atomic E-state index is 0.206. The lowest BCUT2D eigenvalue weighted by atomic mass is 10.1. The van der Waals surface area contributed by atoms with Crippen LogP contribution in [-0.4, -0.2) is 13.6 Å². The fraction of sp³-hybridized carbons (Fsp3) is 0.188. The van der Waals surface area contributed by atoms with Crippen molar-refractivity contribution in [2.45, 2.75) is 23.8 Å². The molecule has 3 rings (SSSR count). The highest BCUT2D eigenvalue weighted by Crippen LogP contribution is 2.33. The molecule has 2 aromatic heterocycles. The SMILES string of the molecule is Cc1ccc(-c2ccc(S(=O)(=O)Cc3onc(C)c3Br)s2)cc1. The zero-order chi connectivity index (χ0) is 16.6. The van der Waals surface area contributed by atoms with E-state index in [2.05, 4.69) is 21.1 Å². The molecule has 0 spiro atoms. The van der Waals surface area contributed by atoms with Gasteiger partial charge in [-0.05, 0) is 47.5 Å². The normalized spacial score (nSPS) is 11.8. The second-order valence-corrected chi connectivity index (χ2v) is 9.34. The van der Waals surface area contributed by atoms with Crippen LogP contribution < -0.4 is 0 Å². The van der Waals surface area contributed by atoms with Gasteiger partial charge < -0.3 is 4.52 Å². The summed E-state index contributed by atoms with van der Waals surface area (Å²) in [5, 5.41) is 3.77. The molecule has 0 unspecified atom stereocenters. The van der Waals surface area contributed by atoms with Crippen molar-refractivity contribution in [3.05, 3.63) is 57.9 Å². The average Bonchev–Trinajstić information content (AvgIpc) is 3.11. The number of hydrogen-bond acceptors (Lipinski definition) is 5. The van der Waals surface area contributed by atoms with Gasteiger partial charge in [0.1, 0.15) is 9.96 Å². The second kappa shape index (κ2) is 6.22. The topological polar surface area (TPSA) is 60.2 Å². The third kappa shape index (κ3) is 3.41. The van der Waals surface area contributed by atoms with Crippen molar-refractivity contribution < 1.29 is 12.9 Å². The summed E-state index contributed by atoms with van der Waals surface area (Å²) in [6, 6.07) is 11.5. The number of aryl methyl sites for hydroxylation is 2. The lowest BCUT2D eigenvalue weighted by Crippen LogP contribution is -2.02. The molecule has 120 valence electrons. The van der Waals surface area contributed by atoms with Gasteiger partial charge in [0.05, 0.1) is 10.2 Å². The molecule has 0 radical (unpaired) electrons. The van der Waals surface area contributed by atoms with Gasteiger partial charge in [0.2, 0.25) is 0 Å². The summed E-state index contributed by atoms with van der Waals surface area (Å²) in [7, 11) is -3.46. The Morgan fingerprint density at radius 2 is 1.83 bits per heavy atom. The number of thiophene rings is 1. The fourth-order valence-corrected chi connectivity index (χ4v) is 5.23. The van der Waals surface area contributed by atoms with Gasteiger partial charge in [-0.25, -0.2) is 8.42 Å². The van der Waals surface area contributed by atoms with Crippen molar-refractivity contribution in [2.75, 3.05) is 0 Å². The van der Waals surface area contributed by atoms with Gasteiger partial charge in [-0.2, -0.15) is 0 Å². The molecule has 0 saturated carbocycles. The Labute approximate surface area is 147 Å². The fourth-order valence-electron chi connectivity index (χ4n) is 2.10. The molecule has 0 saturated heterocycles. The maximum absolute atomic E-state index is 12.6. The molecule has 3 aromatic rings. The van der Waals surface area contributed by atoms with Crippen LogP contribution in [0.1, 0.15) is 17.0 Å². The maximum atomic E-state index is 12.6. The highest BCUT2D eigenvalue weighted by atomic mass is 79.9. The predicted molar refractivity (Wildman–Crippen MR) is 94.3 cm³/mol. The van der Waals surface area contributed by atoms with Crippen molar-refractivity contribution in [2.24, 2.45) is 0 Å². The standard InChI is InChI=1S/C16H14BrNO3S2/c1-10-3-5-12(6-4-10)14-7-8-15(22-14)23(19,20)9-13-16(17)11(2)18-21-13/h3-8H,9H2,1-2H3. The minimum Gasteiger partial charge on any atom is -0.359 e. The summed E-state index contributed by atoms with van der Waals surface area (Å²) in [5.41, 5.74) is 2.82. The molecule has 0 N–H and O–H groups in total. The van der Waals surface area contributed by atoms with Gasteiger partial charge in [-0.3, -0.25) is 0 Å². The van der Waals surface area contributed by atoms with E-state index in [9.17, 15) is 8.42 Å². The Kier molecular flexibility index (Phi) is 4.44. The largest absolute Gasteiger partial charge is 0.359 e. The number of benzene rings is 1. The molecule has 0 bridgehead atoms. The quantitative estimate of drug-likeness (QED) is 0.620. The number of sulfone groups is 1. The predicted octanol–water partition coefficient (Wildman–Crippen LogP) is 4.76. The first-order valence-corrected chi connectivity index (χ1v) is 10.1. The highest BCUT2D eigenvalue weighted by Gasteiger charge is 2.23. The van der Waals surface area contributed by atoms with Crippen LogP contribution in [0.4, 0.5) is 0 Å². The Morgan fingerprint density at radius 1 is 1.13 bits per heavy atom. The molecule has 1 aromatic carbocycles. The van der Waals surface area contributed by atoms with E-state index in [1.807, 2.05) is 37.3 Å². The summed E-state index contributed by atoms with van der Waals surface area (Å²) in [6.07, 6.45) is 0. The van der Waals surface area contributed by atoms with Crippen molar-refractivity contribution >= 4 is 37.1 Å². The minimum atomic E-state index is -3.46. The van der Waals surface area contributed by atoms with Crippen LogP contribution in [-0.2, 0) is 15.6 Å². The van der Waals surface area contributed by atoms with Crippen LogP contribution in [0, 0.1) is 13.8 Å². The molecule has 0 aliphatic rings. The second-order valence-electron chi connectivity index (χ2n) is 5.25. The third-order valence-corrected chi connectivity index (χ3v) is 7.75. The van der Waals surface area contributed by atoms with Crippen molar-refractivity contribution in [3.8, 4) is 10.4 Å².